The minimum Gasteiger partial charge on any atom is -0.341 e. The van der Waals surface area contributed by atoms with Crippen molar-refractivity contribution in [3.8, 4) is 0 Å². The van der Waals surface area contributed by atoms with Gasteiger partial charge in [-0.05, 0) is 29.1 Å². The highest BCUT2D eigenvalue weighted by molar-refractivity contribution is 7.99. The Bertz CT molecular complexity index is 835. The second-order valence-corrected chi connectivity index (χ2v) is 7.90. The minimum atomic E-state index is 0.0228. The van der Waals surface area contributed by atoms with E-state index in [9.17, 15) is 4.79 Å². The van der Waals surface area contributed by atoms with Crippen LogP contribution in [0, 0.1) is 0 Å². The lowest BCUT2D eigenvalue weighted by atomic mass is 10.2. The van der Waals surface area contributed by atoms with Crippen molar-refractivity contribution in [1.82, 2.24) is 20.1 Å². The van der Waals surface area contributed by atoms with E-state index in [0.717, 1.165) is 17.8 Å². The van der Waals surface area contributed by atoms with E-state index in [2.05, 4.69) is 21.2 Å². The normalized spacial score (nSPS) is 10.8. The maximum absolute atomic E-state index is 12.3. The number of aromatic nitrogens is 3. The molecule has 8 heteroatoms. The van der Waals surface area contributed by atoms with Crippen LogP contribution in [0.25, 0.3) is 0 Å². The average Bonchev–Trinajstić information content (AvgIpc) is 3.25. The van der Waals surface area contributed by atoms with Crippen LogP contribution in [0.5, 0.6) is 0 Å². The zero-order chi connectivity index (χ0) is 17.6. The summed E-state index contributed by atoms with van der Waals surface area (Å²) in [5, 5.41) is 10.4. The Morgan fingerprint density at radius 2 is 2.24 bits per heavy atom. The first-order valence-corrected chi connectivity index (χ1v) is 9.89. The van der Waals surface area contributed by atoms with Crippen molar-refractivity contribution in [3.63, 3.8) is 0 Å². The van der Waals surface area contributed by atoms with E-state index in [1.165, 1.54) is 16.6 Å². The van der Waals surface area contributed by atoms with Gasteiger partial charge < -0.3 is 4.90 Å². The molecule has 2 heterocycles. The van der Waals surface area contributed by atoms with Crippen molar-refractivity contribution in [2.45, 2.75) is 18.1 Å². The number of H-pyrrole nitrogens is 1. The van der Waals surface area contributed by atoms with Crippen LogP contribution < -0.4 is 0 Å². The zero-order valence-corrected chi connectivity index (χ0v) is 16.0. The maximum Gasteiger partial charge on any atom is 0.233 e. The van der Waals surface area contributed by atoms with Gasteiger partial charge in [0.05, 0.1) is 5.75 Å². The first-order valence-electron chi connectivity index (χ1n) is 7.65. The summed E-state index contributed by atoms with van der Waals surface area (Å²) in [4.78, 5) is 19.6. The lowest BCUT2D eigenvalue weighted by molar-refractivity contribution is -0.127. The van der Waals surface area contributed by atoms with Crippen LogP contribution >= 0.6 is 34.7 Å². The van der Waals surface area contributed by atoms with E-state index in [4.69, 9.17) is 11.6 Å². The van der Waals surface area contributed by atoms with Crippen LogP contribution in [-0.2, 0) is 17.8 Å². The number of hydrogen-bond acceptors (Lipinski definition) is 5. The number of hydrogen-bond donors (Lipinski definition) is 1. The van der Waals surface area contributed by atoms with Gasteiger partial charge >= 0.3 is 0 Å². The molecule has 3 aromatic rings. The summed E-state index contributed by atoms with van der Waals surface area (Å²) in [6.07, 6.45) is 0.730. The van der Waals surface area contributed by atoms with Crippen LogP contribution in [0.2, 0.25) is 5.02 Å². The van der Waals surface area contributed by atoms with Gasteiger partial charge in [0.1, 0.15) is 5.82 Å². The highest BCUT2D eigenvalue weighted by atomic mass is 35.5. The Morgan fingerprint density at radius 3 is 3.00 bits per heavy atom. The van der Waals surface area contributed by atoms with Gasteiger partial charge in [0, 0.05) is 29.9 Å². The molecular weight excluding hydrogens is 376 g/mol. The third-order valence-electron chi connectivity index (χ3n) is 3.49. The molecule has 1 amide bonds. The average molecular weight is 393 g/mol. The topological polar surface area (TPSA) is 61.9 Å². The number of thiophene rings is 1. The number of benzene rings is 1. The molecule has 0 bridgehead atoms. The summed E-state index contributed by atoms with van der Waals surface area (Å²) < 4.78 is 0. The first kappa shape index (κ1) is 18.0. The van der Waals surface area contributed by atoms with Gasteiger partial charge in [-0.3, -0.25) is 9.89 Å². The van der Waals surface area contributed by atoms with Crippen molar-refractivity contribution in [3.05, 3.63) is 63.1 Å². The standard InChI is InChI=1S/C17H17ClN4OS2/c1-22(10-12-4-2-5-13(18)8-12)16(23)11-25-17-19-15(20-21-17)9-14-6-3-7-24-14/h2-8H,9-11H2,1H3,(H,19,20,21). The Labute approximate surface area is 159 Å². The quantitative estimate of drug-likeness (QED) is 0.620. The number of nitrogens with zero attached hydrogens (tertiary/aromatic N) is 3. The third kappa shape index (κ3) is 5.32. The fourth-order valence-electron chi connectivity index (χ4n) is 2.23. The summed E-state index contributed by atoms with van der Waals surface area (Å²) in [7, 11) is 1.78. The van der Waals surface area contributed by atoms with Crippen LogP contribution in [0.1, 0.15) is 16.3 Å². The molecule has 0 unspecified atom stereocenters. The van der Waals surface area contributed by atoms with E-state index < -0.39 is 0 Å². The Kier molecular flexibility index (Phi) is 6.12. The van der Waals surface area contributed by atoms with Gasteiger partial charge in [0.25, 0.3) is 0 Å². The molecule has 0 saturated carbocycles. The van der Waals surface area contributed by atoms with Crippen molar-refractivity contribution in [2.75, 3.05) is 12.8 Å². The molecule has 0 atom stereocenters. The maximum atomic E-state index is 12.3. The van der Waals surface area contributed by atoms with Crippen molar-refractivity contribution in [2.24, 2.45) is 0 Å². The van der Waals surface area contributed by atoms with Crippen LogP contribution in [0.4, 0.5) is 0 Å². The monoisotopic (exact) mass is 392 g/mol. The molecule has 0 fully saturated rings. The Morgan fingerprint density at radius 1 is 1.36 bits per heavy atom. The summed E-state index contributed by atoms with van der Waals surface area (Å²) in [6.45, 7) is 0.525. The molecule has 1 aromatic carbocycles. The number of halogens is 1. The van der Waals surface area contributed by atoms with Crippen molar-refractivity contribution < 1.29 is 4.79 Å². The summed E-state index contributed by atoms with van der Waals surface area (Å²) in [6, 6.07) is 11.6. The molecule has 0 aliphatic carbocycles. The van der Waals surface area contributed by atoms with Crippen LogP contribution in [0.15, 0.2) is 46.9 Å². The van der Waals surface area contributed by atoms with E-state index in [1.54, 1.807) is 23.3 Å². The summed E-state index contributed by atoms with van der Waals surface area (Å²) in [5.41, 5.74) is 1.00. The number of aromatic amines is 1. The summed E-state index contributed by atoms with van der Waals surface area (Å²) in [5.74, 6) is 1.13. The SMILES string of the molecule is CN(Cc1cccc(Cl)c1)C(=O)CSc1n[nH]c(Cc2cccs2)n1. The van der Waals surface area contributed by atoms with Crippen molar-refractivity contribution >= 4 is 40.6 Å². The number of nitrogens with one attached hydrogen (secondary N) is 1. The van der Waals surface area contributed by atoms with E-state index in [0.29, 0.717) is 22.5 Å². The first-order chi connectivity index (χ1) is 12.1. The lowest BCUT2D eigenvalue weighted by Crippen LogP contribution is -2.27. The molecule has 0 radical (unpaired) electrons. The summed E-state index contributed by atoms with van der Waals surface area (Å²) >= 11 is 9.00. The zero-order valence-electron chi connectivity index (χ0n) is 13.6. The molecular formula is C17H17ClN4OS2. The molecule has 2 aromatic heterocycles. The highest BCUT2D eigenvalue weighted by Gasteiger charge is 2.12. The van der Waals surface area contributed by atoms with E-state index in [-0.39, 0.29) is 5.91 Å². The van der Waals surface area contributed by atoms with Gasteiger partial charge in [-0.2, -0.15) is 0 Å². The van der Waals surface area contributed by atoms with Crippen LogP contribution in [0.3, 0.4) is 0 Å². The predicted molar refractivity (Wildman–Crippen MR) is 102 cm³/mol. The second kappa shape index (κ2) is 8.51. The third-order valence-corrected chi connectivity index (χ3v) is 5.44. The van der Waals surface area contributed by atoms with E-state index in [1.807, 2.05) is 35.7 Å². The lowest BCUT2D eigenvalue weighted by Gasteiger charge is -2.16. The number of thioether (sulfide) groups is 1. The molecule has 3 rings (SSSR count). The molecule has 1 N–H and O–H groups in total. The smallest absolute Gasteiger partial charge is 0.233 e. The number of rotatable bonds is 7. The Hall–Kier alpha value is -1.83. The molecule has 0 aliphatic rings. The number of amides is 1. The fourth-order valence-corrected chi connectivity index (χ4v) is 3.91. The molecule has 0 aliphatic heterocycles. The van der Waals surface area contributed by atoms with Gasteiger partial charge in [0.2, 0.25) is 11.1 Å². The Balaban J connectivity index is 1.49. The van der Waals surface area contributed by atoms with Gasteiger partial charge in [-0.25, -0.2) is 4.98 Å². The predicted octanol–water partition coefficient (Wildman–Crippen LogP) is 3.86. The van der Waals surface area contributed by atoms with Gasteiger partial charge in [-0.1, -0.05) is 41.6 Å². The molecule has 0 saturated heterocycles. The largest absolute Gasteiger partial charge is 0.341 e. The number of carbonyl (C=O) groups excluding carboxylic acids is 1. The fraction of sp³-hybridized carbons (Fsp3) is 0.235. The molecule has 25 heavy (non-hydrogen) atoms. The number of carbonyl (C=O) groups is 1. The molecule has 130 valence electrons. The van der Waals surface area contributed by atoms with Crippen LogP contribution in [-0.4, -0.2) is 38.8 Å². The minimum absolute atomic E-state index is 0.0228. The van der Waals surface area contributed by atoms with Crippen molar-refractivity contribution in [1.29, 1.82) is 0 Å². The van der Waals surface area contributed by atoms with Gasteiger partial charge in [0.15, 0.2) is 0 Å². The molecule has 5 nitrogen and oxygen atoms in total. The second-order valence-electron chi connectivity index (χ2n) is 5.49. The molecule has 0 spiro atoms. The highest BCUT2D eigenvalue weighted by Crippen LogP contribution is 2.17. The van der Waals surface area contributed by atoms with E-state index >= 15 is 0 Å². The van der Waals surface area contributed by atoms with Gasteiger partial charge in [-0.15, -0.1) is 16.4 Å².